The van der Waals surface area contributed by atoms with Crippen molar-refractivity contribution >= 4 is 21.8 Å². The summed E-state index contributed by atoms with van der Waals surface area (Å²) in [7, 11) is -4.05. The fraction of sp³-hybridized carbons (Fsp3) is 0.304. The molecular formula is C23H25NO5S. The van der Waals surface area contributed by atoms with Crippen LogP contribution in [0.25, 0.3) is 0 Å². The van der Waals surface area contributed by atoms with Gasteiger partial charge in [0.1, 0.15) is 0 Å². The Morgan fingerprint density at radius 1 is 1.07 bits per heavy atom. The molecule has 0 amide bonds. The largest absolute Gasteiger partial charge is 0.466 e. The molecule has 0 aliphatic carbocycles. The molecule has 158 valence electrons. The molecule has 0 radical (unpaired) electrons. The molecule has 2 aromatic rings. The van der Waals surface area contributed by atoms with Gasteiger partial charge >= 0.3 is 5.97 Å². The average molecular weight is 428 g/mol. The van der Waals surface area contributed by atoms with Crippen LogP contribution in [0.5, 0.6) is 0 Å². The zero-order valence-corrected chi connectivity index (χ0v) is 18.1. The molecule has 1 aliphatic rings. The minimum atomic E-state index is -4.05. The zero-order chi connectivity index (χ0) is 22.1. The third-order valence-corrected chi connectivity index (χ3v) is 7.14. The second kappa shape index (κ2) is 8.53. The van der Waals surface area contributed by atoms with Crippen LogP contribution in [0.3, 0.4) is 0 Å². The van der Waals surface area contributed by atoms with Gasteiger partial charge < -0.3 is 4.74 Å². The predicted molar refractivity (Wildman–Crippen MR) is 113 cm³/mol. The summed E-state index contributed by atoms with van der Waals surface area (Å²) < 4.78 is 33.8. The van der Waals surface area contributed by atoms with Crippen molar-refractivity contribution in [1.29, 1.82) is 0 Å². The number of ketones is 1. The number of rotatable bonds is 7. The number of Topliss-reactive ketones (excluding diaryl/α,β-unsaturated/α-hetero) is 1. The highest BCUT2D eigenvalue weighted by Gasteiger charge is 2.48. The molecule has 7 heteroatoms. The summed E-state index contributed by atoms with van der Waals surface area (Å²) in [5.41, 5.74) is 2.41. The Balaban J connectivity index is 2.20. The zero-order valence-electron chi connectivity index (χ0n) is 17.3. The number of hydrogen-bond donors (Lipinski definition) is 0. The first-order valence-corrected chi connectivity index (χ1v) is 11.2. The van der Waals surface area contributed by atoms with E-state index in [-0.39, 0.29) is 29.3 Å². The summed E-state index contributed by atoms with van der Waals surface area (Å²) in [5, 5.41) is 0. The molecule has 1 heterocycles. The van der Waals surface area contributed by atoms with Crippen molar-refractivity contribution in [2.45, 2.75) is 44.2 Å². The van der Waals surface area contributed by atoms with Gasteiger partial charge in [-0.2, -0.15) is 4.31 Å². The molecule has 6 nitrogen and oxygen atoms in total. The van der Waals surface area contributed by atoms with E-state index >= 15 is 0 Å². The summed E-state index contributed by atoms with van der Waals surface area (Å²) in [6.07, 6.45) is -0.155. The van der Waals surface area contributed by atoms with Crippen molar-refractivity contribution in [1.82, 2.24) is 4.31 Å². The Morgan fingerprint density at radius 3 is 2.23 bits per heavy atom. The molecule has 1 aliphatic heterocycles. The van der Waals surface area contributed by atoms with Crippen LogP contribution in [0.4, 0.5) is 0 Å². The van der Waals surface area contributed by atoms with E-state index < -0.39 is 28.1 Å². The summed E-state index contributed by atoms with van der Waals surface area (Å²) >= 11 is 0. The van der Waals surface area contributed by atoms with Crippen molar-refractivity contribution in [3.8, 4) is 0 Å². The average Bonchev–Trinajstić information content (AvgIpc) is 3.02. The van der Waals surface area contributed by atoms with E-state index in [0.717, 1.165) is 5.56 Å². The SMILES string of the molecule is C=C(C(C)=O)[C@H]1c2ccccc2[C@@H](CC(=O)OCC)N1S(=O)(=O)c1ccc(C)cc1. The van der Waals surface area contributed by atoms with Crippen LogP contribution in [0.15, 0.2) is 65.6 Å². The van der Waals surface area contributed by atoms with Gasteiger partial charge in [0.15, 0.2) is 5.78 Å². The van der Waals surface area contributed by atoms with Crippen LogP contribution in [-0.2, 0) is 24.3 Å². The molecule has 30 heavy (non-hydrogen) atoms. The Kier molecular flexibility index (Phi) is 6.24. The van der Waals surface area contributed by atoms with Crippen LogP contribution < -0.4 is 0 Å². The highest BCUT2D eigenvalue weighted by atomic mass is 32.2. The fourth-order valence-electron chi connectivity index (χ4n) is 3.77. The standard InChI is InChI=1S/C23H25NO5S/c1-5-29-22(26)14-21-19-8-6-7-9-20(19)23(16(3)17(4)25)24(21)30(27,28)18-12-10-15(2)11-13-18/h6-13,21,23H,3,5,14H2,1-2,4H3/t21-,23+/m1/s1. The number of carbonyl (C=O) groups is 2. The maximum atomic E-state index is 13.7. The lowest BCUT2D eigenvalue weighted by Crippen LogP contribution is -2.36. The highest BCUT2D eigenvalue weighted by Crippen LogP contribution is 2.49. The van der Waals surface area contributed by atoms with Crippen LogP contribution in [0, 0.1) is 6.92 Å². The summed E-state index contributed by atoms with van der Waals surface area (Å²) in [6, 6.07) is 11.9. The normalized spacial score (nSPS) is 18.6. The molecule has 0 saturated carbocycles. The quantitative estimate of drug-likeness (QED) is 0.495. The Hall–Kier alpha value is -2.77. The molecule has 0 aromatic heterocycles. The molecule has 0 fully saturated rings. The smallest absolute Gasteiger partial charge is 0.307 e. The van der Waals surface area contributed by atoms with Gasteiger partial charge in [-0.15, -0.1) is 0 Å². The molecule has 2 aromatic carbocycles. The van der Waals surface area contributed by atoms with Gasteiger partial charge in [-0.25, -0.2) is 8.42 Å². The lowest BCUT2D eigenvalue weighted by atomic mass is 9.96. The van der Waals surface area contributed by atoms with Crippen LogP contribution in [0.1, 0.15) is 49.0 Å². The molecule has 0 bridgehead atoms. The van der Waals surface area contributed by atoms with Gasteiger partial charge in [0.25, 0.3) is 0 Å². The van der Waals surface area contributed by atoms with Crippen molar-refractivity contribution in [3.05, 3.63) is 77.4 Å². The van der Waals surface area contributed by atoms with E-state index in [0.29, 0.717) is 11.1 Å². The van der Waals surface area contributed by atoms with Gasteiger partial charge in [0.05, 0.1) is 30.0 Å². The number of aryl methyl sites for hydroxylation is 1. The monoisotopic (exact) mass is 427 g/mol. The Morgan fingerprint density at radius 2 is 1.67 bits per heavy atom. The van der Waals surface area contributed by atoms with E-state index in [2.05, 4.69) is 6.58 Å². The second-order valence-corrected chi connectivity index (χ2v) is 9.13. The molecule has 0 saturated heterocycles. The van der Waals surface area contributed by atoms with Crippen molar-refractivity contribution < 1.29 is 22.7 Å². The Labute approximate surface area is 177 Å². The third-order valence-electron chi connectivity index (χ3n) is 5.26. The molecule has 2 atom stereocenters. The maximum Gasteiger partial charge on any atom is 0.307 e. The van der Waals surface area contributed by atoms with Crippen LogP contribution >= 0.6 is 0 Å². The first-order valence-electron chi connectivity index (χ1n) is 9.72. The minimum Gasteiger partial charge on any atom is -0.466 e. The third kappa shape index (κ3) is 3.95. The topological polar surface area (TPSA) is 80.8 Å². The van der Waals surface area contributed by atoms with Crippen LogP contribution in [-0.4, -0.2) is 31.1 Å². The summed E-state index contributed by atoms with van der Waals surface area (Å²) in [5.74, 6) is -0.814. The van der Waals surface area contributed by atoms with E-state index in [1.165, 1.54) is 23.4 Å². The minimum absolute atomic E-state index is 0.0936. The van der Waals surface area contributed by atoms with Gasteiger partial charge in [-0.1, -0.05) is 48.5 Å². The van der Waals surface area contributed by atoms with Gasteiger partial charge in [-0.05, 0) is 44.0 Å². The number of carbonyl (C=O) groups excluding carboxylic acids is 2. The number of fused-ring (bicyclic) bond motifs is 1. The van der Waals surface area contributed by atoms with Gasteiger partial charge in [0.2, 0.25) is 10.0 Å². The Bertz CT molecular complexity index is 1090. The molecule has 0 N–H and O–H groups in total. The lowest BCUT2D eigenvalue weighted by Gasteiger charge is -2.30. The van der Waals surface area contributed by atoms with Crippen LogP contribution in [0.2, 0.25) is 0 Å². The van der Waals surface area contributed by atoms with E-state index in [4.69, 9.17) is 4.74 Å². The number of esters is 1. The van der Waals surface area contributed by atoms with Gasteiger partial charge in [0, 0.05) is 5.57 Å². The molecular weight excluding hydrogens is 402 g/mol. The number of benzene rings is 2. The van der Waals surface area contributed by atoms with Crippen molar-refractivity contribution in [2.75, 3.05) is 6.61 Å². The van der Waals surface area contributed by atoms with Crippen molar-refractivity contribution in [2.24, 2.45) is 0 Å². The van der Waals surface area contributed by atoms with E-state index in [1.54, 1.807) is 43.3 Å². The van der Waals surface area contributed by atoms with E-state index in [9.17, 15) is 18.0 Å². The molecule has 3 rings (SSSR count). The molecule has 0 spiro atoms. The first-order chi connectivity index (χ1) is 14.2. The number of sulfonamides is 1. The maximum absolute atomic E-state index is 13.7. The number of nitrogens with zero attached hydrogens (tertiary/aromatic N) is 1. The van der Waals surface area contributed by atoms with Gasteiger partial charge in [-0.3, -0.25) is 9.59 Å². The highest BCUT2D eigenvalue weighted by molar-refractivity contribution is 7.89. The summed E-state index contributed by atoms with van der Waals surface area (Å²) in [6.45, 7) is 9.01. The fourth-order valence-corrected chi connectivity index (χ4v) is 5.53. The predicted octanol–water partition coefficient (Wildman–Crippen LogP) is 3.88. The number of ether oxygens (including phenoxy) is 1. The van der Waals surface area contributed by atoms with Crippen molar-refractivity contribution in [3.63, 3.8) is 0 Å². The lowest BCUT2D eigenvalue weighted by molar-refractivity contribution is -0.144. The second-order valence-electron chi connectivity index (χ2n) is 7.29. The summed E-state index contributed by atoms with van der Waals surface area (Å²) in [4.78, 5) is 24.6. The number of hydrogen-bond acceptors (Lipinski definition) is 5. The molecule has 0 unspecified atom stereocenters. The van der Waals surface area contributed by atoms with E-state index in [1.807, 2.05) is 6.92 Å². The first kappa shape index (κ1) is 21.9.